The number of amides is 1. The van der Waals surface area contributed by atoms with Gasteiger partial charge in [-0.1, -0.05) is 0 Å². The van der Waals surface area contributed by atoms with Crippen LogP contribution in [0.15, 0.2) is 18.2 Å². The molecule has 0 bridgehead atoms. The van der Waals surface area contributed by atoms with Crippen LogP contribution in [0.5, 0.6) is 0 Å². The van der Waals surface area contributed by atoms with Crippen molar-refractivity contribution in [2.24, 2.45) is 0 Å². The van der Waals surface area contributed by atoms with Crippen LogP contribution in [0.2, 0.25) is 0 Å². The van der Waals surface area contributed by atoms with Crippen molar-refractivity contribution in [3.05, 3.63) is 23.8 Å². The molecule has 106 valence electrons. The number of nitrogen functional groups attached to an aromatic ring is 1. The van der Waals surface area contributed by atoms with Crippen molar-refractivity contribution in [2.75, 3.05) is 37.5 Å². The highest BCUT2D eigenvalue weighted by Gasteiger charge is 2.17. The quantitative estimate of drug-likeness (QED) is 0.812. The van der Waals surface area contributed by atoms with Gasteiger partial charge in [-0.15, -0.1) is 0 Å². The fourth-order valence-electron chi connectivity index (χ4n) is 1.57. The van der Waals surface area contributed by atoms with Crippen LogP contribution in [0.25, 0.3) is 0 Å². The van der Waals surface area contributed by atoms with Crippen molar-refractivity contribution in [3.63, 3.8) is 0 Å². The van der Waals surface area contributed by atoms with Crippen LogP contribution in [0, 0.1) is 0 Å². The molecule has 1 aromatic carbocycles. The van der Waals surface area contributed by atoms with E-state index < -0.39 is 0 Å². The first-order valence-electron chi connectivity index (χ1n) is 6.17. The molecule has 4 nitrogen and oxygen atoms in total. The van der Waals surface area contributed by atoms with Gasteiger partial charge < -0.3 is 16.0 Å². The number of carbonyl (C=O) groups excluding carboxylic acids is 1. The number of nitrogens with zero attached hydrogens (tertiary/aromatic N) is 1. The Labute approximate surface area is 119 Å². The van der Waals surface area contributed by atoms with E-state index in [2.05, 4.69) is 19.2 Å². The van der Waals surface area contributed by atoms with Crippen molar-refractivity contribution >= 4 is 29.0 Å². The number of carbonyl (C=O) groups is 1. The topological polar surface area (TPSA) is 58.4 Å². The maximum absolute atomic E-state index is 12.1. The van der Waals surface area contributed by atoms with Gasteiger partial charge in [0.15, 0.2) is 0 Å². The smallest absolute Gasteiger partial charge is 0.251 e. The van der Waals surface area contributed by atoms with Gasteiger partial charge in [0.05, 0.1) is 11.4 Å². The molecule has 0 spiro atoms. The van der Waals surface area contributed by atoms with E-state index in [-0.39, 0.29) is 10.7 Å². The second kappa shape index (κ2) is 6.19. The maximum Gasteiger partial charge on any atom is 0.251 e. The standard InChI is InChI=1S/C14H23N3OS/c1-14(2,19-5)9-16-13(18)10-6-7-12(17(3)4)11(15)8-10/h6-8H,9,15H2,1-5H3,(H,16,18). The lowest BCUT2D eigenvalue weighted by atomic mass is 10.1. The summed E-state index contributed by atoms with van der Waals surface area (Å²) in [4.78, 5) is 14.0. The number of hydrogen-bond acceptors (Lipinski definition) is 4. The second-order valence-electron chi connectivity index (χ2n) is 5.31. The average Bonchev–Trinajstić information content (AvgIpc) is 2.35. The lowest BCUT2D eigenvalue weighted by molar-refractivity contribution is 0.0951. The molecule has 0 aliphatic carbocycles. The van der Waals surface area contributed by atoms with Crippen LogP contribution >= 0.6 is 11.8 Å². The molecule has 0 fully saturated rings. The predicted octanol–water partition coefficient (Wildman–Crippen LogP) is 2.21. The third-order valence-corrected chi connectivity index (χ3v) is 4.25. The molecule has 0 saturated heterocycles. The fraction of sp³-hybridized carbons (Fsp3) is 0.500. The molecular weight excluding hydrogens is 258 g/mol. The molecule has 0 heterocycles. The molecule has 0 aromatic heterocycles. The van der Waals surface area contributed by atoms with Gasteiger partial charge in [0.1, 0.15) is 0 Å². The molecule has 0 radical (unpaired) electrons. The first-order valence-corrected chi connectivity index (χ1v) is 7.39. The van der Waals surface area contributed by atoms with Gasteiger partial charge in [0.2, 0.25) is 0 Å². The highest BCUT2D eigenvalue weighted by Crippen LogP contribution is 2.23. The van der Waals surface area contributed by atoms with Gasteiger partial charge in [-0.2, -0.15) is 11.8 Å². The van der Waals surface area contributed by atoms with Crippen LogP contribution in [-0.2, 0) is 0 Å². The monoisotopic (exact) mass is 281 g/mol. The van der Waals surface area contributed by atoms with Crippen molar-refractivity contribution in [2.45, 2.75) is 18.6 Å². The molecule has 0 aliphatic rings. The Morgan fingerprint density at radius 3 is 2.53 bits per heavy atom. The summed E-state index contributed by atoms with van der Waals surface area (Å²) >= 11 is 1.73. The van der Waals surface area contributed by atoms with E-state index in [4.69, 9.17) is 5.73 Å². The van der Waals surface area contributed by atoms with Crippen molar-refractivity contribution in [1.82, 2.24) is 5.32 Å². The third-order valence-electron chi connectivity index (χ3n) is 3.00. The Balaban J connectivity index is 2.76. The summed E-state index contributed by atoms with van der Waals surface area (Å²) in [7, 11) is 3.85. The highest BCUT2D eigenvalue weighted by atomic mass is 32.2. The van der Waals surface area contributed by atoms with Crippen LogP contribution in [0.3, 0.4) is 0 Å². The second-order valence-corrected chi connectivity index (χ2v) is 6.83. The van der Waals surface area contributed by atoms with Gasteiger partial charge in [0.25, 0.3) is 5.91 Å². The van der Waals surface area contributed by atoms with Crippen LogP contribution in [-0.4, -0.2) is 37.6 Å². The molecule has 5 heteroatoms. The number of anilines is 2. The summed E-state index contributed by atoms with van der Waals surface area (Å²) in [6, 6.07) is 5.38. The van der Waals surface area contributed by atoms with Gasteiger partial charge in [0, 0.05) is 31.0 Å². The molecule has 19 heavy (non-hydrogen) atoms. The lowest BCUT2D eigenvalue weighted by Crippen LogP contribution is -2.36. The van der Waals surface area contributed by atoms with Crippen molar-refractivity contribution < 1.29 is 4.79 Å². The maximum atomic E-state index is 12.1. The summed E-state index contributed by atoms with van der Waals surface area (Å²) < 4.78 is 0.0325. The molecule has 0 aliphatic heterocycles. The summed E-state index contributed by atoms with van der Waals surface area (Å²) in [5.41, 5.74) is 8.07. The number of rotatable bonds is 5. The van der Waals surface area contributed by atoms with E-state index in [9.17, 15) is 4.79 Å². The molecule has 0 unspecified atom stereocenters. The van der Waals surface area contributed by atoms with Crippen LogP contribution in [0.1, 0.15) is 24.2 Å². The number of nitrogens with two attached hydrogens (primary N) is 1. The number of thioether (sulfide) groups is 1. The summed E-state index contributed by atoms with van der Waals surface area (Å²) in [6.07, 6.45) is 2.04. The van der Waals surface area contributed by atoms with Gasteiger partial charge in [-0.3, -0.25) is 4.79 Å². The zero-order valence-electron chi connectivity index (χ0n) is 12.3. The minimum Gasteiger partial charge on any atom is -0.397 e. The number of benzene rings is 1. The Morgan fingerprint density at radius 2 is 2.05 bits per heavy atom. The zero-order chi connectivity index (χ0) is 14.6. The largest absolute Gasteiger partial charge is 0.397 e. The average molecular weight is 281 g/mol. The molecular formula is C14H23N3OS. The lowest BCUT2D eigenvalue weighted by Gasteiger charge is -2.22. The van der Waals surface area contributed by atoms with E-state index >= 15 is 0 Å². The number of hydrogen-bond donors (Lipinski definition) is 2. The van der Waals surface area contributed by atoms with Crippen LogP contribution in [0.4, 0.5) is 11.4 Å². The van der Waals surface area contributed by atoms with E-state index in [1.807, 2.05) is 31.3 Å². The third kappa shape index (κ3) is 4.35. The van der Waals surface area contributed by atoms with Crippen LogP contribution < -0.4 is 16.0 Å². The van der Waals surface area contributed by atoms with Crippen molar-refractivity contribution in [1.29, 1.82) is 0 Å². The van der Waals surface area contributed by atoms with E-state index in [0.717, 1.165) is 5.69 Å². The molecule has 0 atom stereocenters. The summed E-state index contributed by atoms with van der Waals surface area (Å²) in [5, 5.41) is 2.94. The summed E-state index contributed by atoms with van der Waals surface area (Å²) in [6.45, 7) is 4.82. The molecule has 1 aromatic rings. The van der Waals surface area contributed by atoms with E-state index in [1.165, 1.54) is 0 Å². The van der Waals surface area contributed by atoms with Gasteiger partial charge >= 0.3 is 0 Å². The van der Waals surface area contributed by atoms with Gasteiger partial charge in [-0.05, 0) is 38.3 Å². The molecule has 1 rings (SSSR count). The van der Waals surface area contributed by atoms with E-state index in [0.29, 0.717) is 17.8 Å². The Kier molecular flexibility index (Phi) is 5.11. The number of nitrogens with one attached hydrogen (secondary N) is 1. The first-order chi connectivity index (χ1) is 8.76. The minimum absolute atomic E-state index is 0.0325. The Hall–Kier alpha value is -1.36. The Morgan fingerprint density at radius 1 is 1.42 bits per heavy atom. The molecule has 0 saturated carbocycles. The zero-order valence-corrected chi connectivity index (χ0v) is 13.1. The fourth-order valence-corrected chi connectivity index (χ4v) is 1.79. The highest BCUT2D eigenvalue weighted by molar-refractivity contribution is 7.99. The normalized spacial score (nSPS) is 11.2. The van der Waals surface area contributed by atoms with E-state index in [1.54, 1.807) is 23.9 Å². The first kappa shape index (κ1) is 15.7. The van der Waals surface area contributed by atoms with Gasteiger partial charge in [-0.25, -0.2) is 0 Å². The summed E-state index contributed by atoms with van der Waals surface area (Å²) in [5.74, 6) is -0.0841. The Bertz CT molecular complexity index is 458. The minimum atomic E-state index is -0.0841. The van der Waals surface area contributed by atoms with Crippen molar-refractivity contribution in [3.8, 4) is 0 Å². The molecule has 1 amide bonds. The molecule has 3 N–H and O–H groups in total. The predicted molar refractivity (Wildman–Crippen MR) is 85.1 cm³/mol. The SMILES string of the molecule is CSC(C)(C)CNC(=O)c1ccc(N(C)C)c(N)c1.